The van der Waals surface area contributed by atoms with E-state index in [0.29, 0.717) is 37.7 Å². The largest absolute Gasteiger partial charge is 0.355 e. The van der Waals surface area contributed by atoms with Gasteiger partial charge in [0, 0.05) is 11.6 Å². The molecule has 1 aliphatic rings. The predicted octanol–water partition coefficient (Wildman–Crippen LogP) is -1.13. The lowest BCUT2D eigenvalue weighted by atomic mass is 10.3. The summed E-state index contributed by atoms with van der Waals surface area (Å²) in [5, 5.41) is 5.69. The molecule has 1 aromatic carbocycles. The topological polar surface area (TPSA) is 100 Å². The number of likely N-dealkylation sites (N-methyl/N-ethyl adjacent to an activating group) is 1. The van der Waals surface area contributed by atoms with Gasteiger partial charge in [-0.15, -0.1) is 0 Å². The lowest BCUT2D eigenvalue weighted by Gasteiger charge is -2.31. The van der Waals surface area contributed by atoms with Gasteiger partial charge in [0.1, 0.15) is 6.04 Å². The van der Waals surface area contributed by atoms with E-state index in [1.807, 2.05) is 6.92 Å². The second kappa shape index (κ2) is 9.50. The molecule has 2 rings (SSSR count). The Bertz CT molecular complexity index is 779. The number of quaternary nitrogens is 1. The molecule has 0 spiro atoms. The summed E-state index contributed by atoms with van der Waals surface area (Å²) in [7, 11) is -3.59. The average Bonchev–Trinajstić information content (AvgIpc) is 2.62. The van der Waals surface area contributed by atoms with E-state index in [-0.39, 0.29) is 23.3 Å². The zero-order chi connectivity index (χ0) is 20.0. The molecule has 3 N–H and O–H groups in total. The molecule has 1 atom stereocenters. The molecule has 150 valence electrons. The van der Waals surface area contributed by atoms with E-state index >= 15 is 0 Å². The Kier molecular flexibility index (Phi) is 7.60. The summed E-state index contributed by atoms with van der Waals surface area (Å²) >= 11 is 5.89. The third-order valence-corrected chi connectivity index (χ3v) is 6.53. The molecule has 0 bridgehead atoms. The maximum absolute atomic E-state index is 12.7. The quantitative estimate of drug-likeness (QED) is 0.522. The zero-order valence-corrected chi connectivity index (χ0v) is 17.1. The predicted molar refractivity (Wildman–Crippen MR) is 102 cm³/mol. The van der Waals surface area contributed by atoms with Crippen LogP contribution in [0.4, 0.5) is 0 Å². The van der Waals surface area contributed by atoms with Crippen LogP contribution < -0.4 is 15.5 Å². The van der Waals surface area contributed by atoms with Crippen LogP contribution in [-0.2, 0) is 19.6 Å². The van der Waals surface area contributed by atoms with Crippen LogP contribution in [0.5, 0.6) is 0 Å². The number of halogens is 1. The molecular formula is C17H26ClN4O4S+. The molecule has 1 aliphatic heterocycles. The number of carbonyl (C=O) groups excluding carboxylic acids is 2. The van der Waals surface area contributed by atoms with E-state index < -0.39 is 16.1 Å². The van der Waals surface area contributed by atoms with Gasteiger partial charge in [0.25, 0.3) is 5.91 Å². The van der Waals surface area contributed by atoms with Crippen molar-refractivity contribution in [2.75, 3.05) is 39.3 Å². The van der Waals surface area contributed by atoms with Crippen molar-refractivity contribution in [3.05, 3.63) is 29.3 Å². The minimum atomic E-state index is -3.59. The van der Waals surface area contributed by atoms with Crippen molar-refractivity contribution in [3.63, 3.8) is 0 Å². The van der Waals surface area contributed by atoms with Crippen molar-refractivity contribution >= 4 is 33.4 Å². The summed E-state index contributed by atoms with van der Waals surface area (Å²) in [5.41, 5.74) is 0. The minimum Gasteiger partial charge on any atom is -0.355 e. The van der Waals surface area contributed by atoms with Crippen LogP contribution >= 0.6 is 11.6 Å². The van der Waals surface area contributed by atoms with Crippen LogP contribution in [0.1, 0.15) is 13.8 Å². The first-order chi connectivity index (χ1) is 12.7. The number of benzene rings is 1. The Hall–Kier alpha value is -1.68. The Labute approximate surface area is 164 Å². The molecule has 10 heteroatoms. The van der Waals surface area contributed by atoms with E-state index in [1.54, 1.807) is 19.1 Å². The number of hydrogen-bond donors (Lipinski definition) is 3. The van der Waals surface area contributed by atoms with Gasteiger partial charge in [-0.05, 0) is 32.0 Å². The molecule has 8 nitrogen and oxygen atoms in total. The van der Waals surface area contributed by atoms with Gasteiger partial charge in [0.15, 0.2) is 6.54 Å². The number of hydrogen-bond acceptors (Lipinski definition) is 4. The van der Waals surface area contributed by atoms with Crippen molar-refractivity contribution in [3.8, 4) is 0 Å². The van der Waals surface area contributed by atoms with Gasteiger partial charge in [-0.2, -0.15) is 4.31 Å². The van der Waals surface area contributed by atoms with Gasteiger partial charge in [-0.1, -0.05) is 17.7 Å². The molecule has 0 unspecified atom stereocenters. The van der Waals surface area contributed by atoms with E-state index in [1.165, 1.54) is 16.4 Å². The first-order valence-electron chi connectivity index (χ1n) is 8.90. The van der Waals surface area contributed by atoms with Crippen molar-refractivity contribution in [2.24, 2.45) is 0 Å². The number of sulfonamides is 1. The summed E-state index contributed by atoms with van der Waals surface area (Å²) in [6.45, 7) is 5.83. The standard InChI is InChI=1S/C17H25ClN4O4S/c1-3-19-17(24)13(2)20-16(23)12-21-7-9-22(10-8-21)27(25,26)15-6-4-5-14(18)11-15/h4-6,11,13H,3,7-10,12H2,1-2H3,(H,19,24)(H,20,23)/p+1/t13-/m0/s1. The van der Waals surface area contributed by atoms with Crippen molar-refractivity contribution in [1.29, 1.82) is 0 Å². The van der Waals surface area contributed by atoms with Crippen molar-refractivity contribution in [1.82, 2.24) is 14.9 Å². The highest BCUT2D eigenvalue weighted by Gasteiger charge is 2.31. The monoisotopic (exact) mass is 417 g/mol. The fourth-order valence-corrected chi connectivity index (χ4v) is 4.65. The molecular weight excluding hydrogens is 392 g/mol. The number of nitrogens with one attached hydrogen (secondary N) is 3. The van der Waals surface area contributed by atoms with E-state index in [9.17, 15) is 18.0 Å². The Morgan fingerprint density at radius 3 is 2.56 bits per heavy atom. The lowest BCUT2D eigenvalue weighted by molar-refractivity contribution is -0.895. The van der Waals surface area contributed by atoms with E-state index in [4.69, 9.17) is 11.6 Å². The molecule has 27 heavy (non-hydrogen) atoms. The highest BCUT2D eigenvalue weighted by molar-refractivity contribution is 7.89. The normalized spacial score (nSPS) is 17.3. The zero-order valence-electron chi connectivity index (χ0n) is 15.5. The molecule has 0 radical (unpaired) electrons. The maximum atomic E-state index is 12.7. The first kappa shape index (κ1) is 21.6. The van der Waals surface area contributed by atoms with Crippen molar-refractivity contribution < 1.29 is 22.9 Å². The van der Waals surface area contributed by atoms with Crippen LogP contribution in [0, 0.1) is 0 Å². The Morgan fingerprint density at radius 2 is 1.96 bits per heavy atom. The van der Waals surface area contributed by atoms with Crippen LogP contribution in [0.2, 0.25) is 5.02 Å². The third-order valence-electron chi connectivity index (χ3n) is 4.40. The fourth-order valence-electron chi connectivity index (χ4n) is 2.91. The number of piperazine rings is 1. The summed E-state index contributed by atoms with van der Waals surface area (Å²) < 4.78 is 26.8. The van der Waals surface area contributed by atoms with Crippen LogP contribution in [0.3, 0.4) is 0 Å². The van der Waals surface area contributed by atoms with Gasteiger partial charge < -0.3 is 15.5 Å². The SMILES string of the molecule is CCNC(=O)[C@H](C)NC(=O)C[NH+]1CCN(S(=O)(=O)c2cccc(Cl)c2)CC1. The van der Waals surface area contributed by atoms with E-state index in [0.717, 1.165) is 4.90 Å². The average molecular weight is 418 g/mol. The number of amides is 2. The number of nitrogens with zero attached hydrogens (tertiary/aromatic N) is 1. The minimum absolute atomic E-state index is 0.173. The second-order valence-corrected chi connectivity index (χ2v) is 8.85. The second-order valence-electron chi connectivity index (χ2n) is 6.47. The van der Waals surface area contributed by atoms with Crippen LogP contribution in [0.25, 0.3) is 0 Å². The third kappa shape index (κ3) is 5.90. The number of carbonyl (C=O) groups is 2. The van der Waals surface area contributed by atoms with E-state index in [2.05, 4.69) is 10.6 Å². The summed E-state index contributed by atoms with van der Waals surface area (Å²) in [4.78, 5) is 24.9. The summed E-state index contributed by atoms with van der Waals surface area (Å²) in [6.07, 6.45) is 0. The molecule has 1 heterocycles. The number of rotatable bonds is 7. The highest BCUT2D eigenvalue weighted by atomic mass is 35.5. The molecule has 1 fully saturated rings. The lowest BCUT2D eigenvalue weighted by Crippen LogP contribution is -3.15. The maximum Gasteiger partial charge on any atom is 0.275 e. The molecule has 0 saturated carbocycles. The molecule has 1 aromatic rings. The van der Waals surface area contributed by atoms with Gasteiger partial charge >= 0.3 is 0 Å². The van der Waals surface area contributed by atoms with Gasteiger partial charge in [0.05, 0.1) is 31.1 Å². The van der Waals surface area contributed by atoms with Gasteiger partial charge in [-0.3, -0.25) is 9.59 Å². The van der Waals surface area contributed by atoms with Gasteiger partial charge in [0.2, 0.25) is 15.9 Å². The molecule has 2 amide bonds. The summed E-state index contributed by atoms with van der Waals surface area (Å²) in [6, 6.07) is 5.60. The van der Waals surface area contributed by atoms with Gasteiger partial charge in [-0.25, -0.2) is 8.42 Å². The molecule has 1 saturated heterocycles. The first-order valence-corrected chi connectivity index (χ1v) is 10.7. The summed E-state index contributed by atoms with van der Waals surface area (Å²) in [5.74, 6) is -0.451. The van der Waals surface area contributed by atoms with Crippen molar-refractivity contribution in [2.45, 2.75) is 24.8 Å². The fraction of sp³-hybridized carbons (Fsp3) is 0.529. The Morgan fingerprint density at radius 1 is 1.30 bits per heavy atom. The highest BCUT2D eigenvalue weighted by Crippen LogP contribution is 2.19. The molecule has 0 aromatic heterocycles. The smallest absolute Gasteiger partial charge is 0.275 e. The van der Waals surface area contributed by atoms with Crippen LogP contribution in [-0.4, -0.2) is 69.8 Å². The van der Waals surface area contributed by atoms with Crippen LogP contribution in [0.15, 0.2) is 29.2 Å². The molecule has 0 aliphatic carbocycles. The Balaban J connectivity index is 1.86.